The average Bonchev–Trinajstić information content (AvgIpc) is 2.67. The number of hydrogen-bond acceptors (Lipinski definition) is 5. The molecule has 7 nitrogen and oxygen atoms in total. The normalized spacial score (nSPS) is 10.4. The van der Waals surface area contributed by atoms with Crippen LogP contribution in [0.15, 0.2) is 59.7 Å². The van der Waals surface area contributed by atoms with E-state index < -0.39 is 17.2 Å². The summed E-state index contributed by atoms with van der Waals surface area (Å²) < 4.78 is 19.5. The van der Waals surface area contributed by atoms with Crippen LogP contribution in [0, 0.1) is 5.82 Å². The second-order valence-electron chi connectivity index (χ2n) is 5.33. The Kier molecular flexibility index (Phi) is 5.02. The summed E-state index contributed by atoms with van der Waals surface area (Å²) in [5.74, 6) is -0.911. The van der Waals surface area contributed by atoms with Gasteiger partial charge in [-0.05, 0) is 35.9 Å². The van der Waals surface area contributed by atoms with Gasteiger partial charge in [-0.3, -0.25) is 14.6 Å². The number of nitrogens with zero attached hydrogens (tertiary/aromatic N) is 3. The number of rotatable bonds is 5. The molecule has 2 aromatic heterocycles. The number of hydrogen-bond donors (Lipinski definition) is 1. The van der Waals surface area contributed by atoms with Crippen molar-refractivity contribution < 1.29 is 13.9 Å². The van der Waals surface area contributed by atoms with E-state index >= 15 is 0 Å². The van der Waals surface area contributed by atoms with E-state index in [0.717, 1.165) is 11.6 Å². The summed E-state index contributed by atoms with van der Waals surface area (Å²) in [7, 11) is 1.37. The van der Waals surface area contributed by atoms with E-state index in [4.69, 9.17) is 4.74 Å². The Bertz CT molecular complexity index is 972. The van der Waals surface area contributed by atoms with Gasteiger partial charge in [-0.2, -0.15) is 5.10 Å². The Balaban J connectivity index is 1.91. The number of benzene rings is 1. The fraction of sp³-hybridized carbons (Fsp3) is 0.111. The van der Waals surface area contributed by atoms with E-state index in [0.29, 0.717) is 5.69 Å². The lowest BCUT2D eigenvalue weighted by Crippen LogP contribution is -2.31. The molecule has 0 spiro atoms. The number of aromatic nitrogens is 3. The van der Waals surface area contributed by atoms with Crippen molar-refractivity contribution in [2.24, 2.45) is 0 Å². The monoisotopic (exact) mass is 354 g/mol. The van der Waals surface area contributed by atoms with Crippen LogP contribution in [0.4, 0.5) is 4.39 Å². The van der Waals surface area contributed by atoms with Gasteiger partial charge in [0.2, 0.25) is 11.3 Å². The molecule has 0 aliphatic rings. The molecule has 1 N–H and O–H groups in total. The van der Waals surface area contributed by atoms with Gasteiger partial charge in [-0.1, -0.05) is 6.07 Å². The summed E-state index contributed by atoms with van der Waals surface area (Å²) in [4.78, 5) is 28.5. The van der Waals surface area contributed by atoms with Crippen LogP contribution in [-0.2, 0) is 6.54 Å². The number of methoxy groups -OCH3 is 1. The molecular formula is C18H15FN4O3. The summed E-state index contributed by atoms with van der Waals surface area (Å²) in [6, 6.07) is 10.1. The molecule has 132 valence electrons. The van der Waals surface area contributed by atoms with Crippen LogP contribution in [0.2, 0.25) is 0 Å². The number of amides is 1. The lowest BCUT2D eigenvalue weighted by molar-refractivity contribution is 0.0942. The van der Waals surface area contributed by atoms with Crippen LogP contribution in [0.1, 0.15) is 16.1 Å². The number of carbonyl (C=O) groups excluding carboxylic acids is 1. The fourth-order valence-corrected chi connectivity index (χ4v) is 2.28. The molecule has 3 rings (SSSR count). The van der Waals surface area contributed by atoms with E-state index in [1.165, 1.54) is 36.1 Å². The van der Waals surface area contributed by atoms with Gasteiger partial charge in [0.05, 0.1) is 18.9 Å². The lowest BCUT2D eigenvalue weighted by Gasteiger charge is -2.12. The van der Waals surface area contributed by atoms with Crippen LogP contribution >= 0.6 is 0 Å². The first-order chi connectivity index (χ1) is 12.6. The summed E-state index contributed by atoms with van der Waals surface area (Å²) in [6.45, 7) is 0.205. The molecule has 3 aromatic rings. The maximum Gasteiger partial charge on any atom is 0.276 e. The largest absolute Gasteiger partial charge is 0.481 e. The van der Waals surface area contributed by atoms with Gasteiger partial charge in [0.1, 0.15) is 5.82 Å². The third-order valence-electron chi connectivity index (χ3n) is 3.57. The zero-order valence-electron chi connectivity index (χ0n) is 13.8. The first-order valence-electron chi connectivity index (χ1n) is 7.70. The van der Waals surface area contributed by atoms with Crippen molar-refractivity contribution in [3.05, 3.63) is 82.2 Å². The molecule has 26 heavy (non-hydrogen) atoms. The molecule has 0 radical (unpaired) electrons. The average molecular weight is 354 g/mol. The molecule has 1 amide bonds. The molecular weight excluding hydrogens is 339 g/mol. The van der Waals surface area contributed by atoms with Gasteiger partial charge in [0.25, 0.3) is 5.91 Å². The van der Waals surface area contributed by atoms with Crippen molar-refractivity contribution in [1.82, 2.24) is 20.1 Å². The number of ether oxygens (including phenoxy) is 1. The Morgan fingerprint density at radius 3 is 2.69 bits per heavy atom. The Hall–Kier alpha value is -3.55. The van der Waals surface area contributed by atoms with Gasteiger partial charge in [0, 0.05) is 18.9 Å². The van der Waals surface area contributed by atoms with Crippen LogP contribution in [0.5, 0.6) is 5.88 Å². The first-order valence-corrected chi connectivity index (χ1v) is 7.70. The van der Waals surface area contributed by atoms with Crippen molar-refractivity contribution in [3.63, 3.8) is 0 Å². The number of carbonyl (C=O) groups is 1. The SMILES string of the molecule is COc1cc(=O)c(C(=O)NCc2cccnc2)nn1-c1ccc(F)cc1. The summed E-state index contributed by atoms with van der Waals surface area (Å²) in [5, 5.41) is 6.71. The quantitative estimate of drug-likeness (QED) is 0.754. The summed E-state index contributed by atoms with van der Waals surface area (Å²) >= 11 is 0. The third kappa shape index (κ3) is 3.75. The first kappa shape index (κ1) is 17.3. The molecule has 0 atom stereocenters. The molecule has 0 unspecified atom stereocenters. The van der Waals surface area contributed by atoms with Crippen molar-refractivity contribution in [3.8, 4) is 11.6 Å². The minimum Gasteiger partial charge on any atom is -0.481 e. The third-order valence-corrected chi connectivity index (χ3v) is 3.57. The fourth-order valence-electron chi connectivity index (χ4n) is 2.28. The molecule has 0 saturated carbocycles. The summed E-state index contributed by atoms with van der Waals surface area (Å²) in [5.41, 5.74) is 0.362. The smallest absolute Gasteiger partial charge is 0.276 e. The number of pyridine rings is 1. The molecule has 0 bridgehead atoms. The van der Waals surface area contributed by atoms with Crippen LogP contribution < -0.4 is 15.5 Å². The second kappa shape index (κ2) is 7.56. The highest BCUT2D eigenvalue weighted by Gasteiger charge is 2.17. The minimum atomic E-state index is -0.627. The highest BCUT2D eigenvalue weighted by Crippen LogP contribution is 2.15. The van der Waals surface area contributed by atoms with Gasteiger partial charge < -0.3 is 10.1 Å². The van der Waals surface area contributed by atoms with E-state index in [9.17, 15) is 14.0 Å². The maximum atomic E-state index is 13.1. The Morgan fingerprint density at radius 1 is 1.27 bits per heavy atom. The van der Waals surface area contributed by atoms with Crippen LogP contribution in [0.3, 0.4) is 0 Å². The van der Waals surface area contributed by atoms with Crippen molar-refractivity contribution in [2.45, 2.75) is 6.54 Å². The van der Waals surface area contributed by atoms with Crippen molar-refractivity contribution >= 4 is 5.91 Å². The van der Waals surface area contributed by atoms with Crippen molar-refractivity contribution in [1.29, 1.82) is 0 Å². The zero-order valence-corrected chi connectivity index (χ0v) is 13.8. The molecule has 0 fully saturated rings. The lowest BCUT2D eigenvalue weighted by atomic mass is 10.2. The predicted octanol–water partition coefficient (Wildman–Crippen LogP) is 1.71. The van der Waals surface area contributed by atoms with Crippen LogP contribution in [0.25, 0.3) is 5.69 Å². The number of halogens is 1. The maximum absolute atomic E-state index is 13.1. The van der Waals surface area contributed by atoms with E-state index in [2.05, 4.69) is 15.4 Å². The van der Waals surface area contributed by atoms with E-state index in [-0.39, 0.29) is 18.1 Å². The van der Waals surface area contributed by atoms with Gasteiger partial charge >= 0.3 is 0 Å². The van der Waals surface area contributed by atoms with Gasteiger partial charge in [-0.25, -0.2) is 9.07 Å². The van der Waals surface area contributed by atoms with Crippen LogP contribution in [-0.4, -0.2) is 27.8 Å². The second-order valence-corrected chi connectivity index (χ2v) is 5.33. The molecule has 8 heteroatoms. The minimum absolute atomic E-state index is 0.130. The van der Waals surface area contributed by atoms with E-state index in [1.807, 2.05) is 0 Å². The number of nitrogens with one attached hydrogen (secondary N) is 1. The topological polar surface area (TPSA) is 86.1 Å². The van der Waals surface area contributed by atoms with E-state index in [1.54, 1.807) is 24.5 Å². The highest BCUT2D eigenvalue weighted by atomic mass is 19.1. The molecule has 0 saturated heterocycles. The molecule has 2 heterocycles. The van der Waals surface area contributed by atoms with Gasteiger partial charge in [-0.15, -0.1) is 0 Å². The zero-order chi connectivity index (χ0) is 18.5. The van der Waals surface area contributed by atoms with Crippen molar-refractivity contribution in [2.75, 3.05) is 7.11 Å². The molecule has 0 aliphatic heterocycles. The molecule has 1 aromatic carbocycles. The Labute approximate surface area is 148 Å². The Morgan fingerprint density at radius 2 is 2.04 bits per heavy atom. The standard InChI is InChI=1S/C18H15FN4O3/c1-26-16-9-15(24)17(18(25)21-11-12-3-2-8-20-10-12)22-23(16)14-6-4-13(19)5-7-14/h2-10H,11H2,1H3,(H,21,25). The molecule has 0 aliphatic carbocycles. The summed E-state index contributed by atoms with van der Waals surface area (Å²) in [6.07, 6.45) is 3.23. The highest BCUT2D eigenvalue weighted by molar-refractivity contribution is 5.92. The van der Waals surface area contributed by atoms with Gasteiger partial charge in [0.15, 0.2) is 5.69 Å². The predicted molar refractivity (Wildman–Crippen MR) is 91.8 cm³/mol.